The molecule has 2 aromatic carbocycles. The Balaban J connectivity index is 1.91. The van der Waals surface area contributed by atoms with Gasteiger partial charge in [-0.25, -0.2) is 0 Å². The van der Waals surface area contributed by atoms with Crippen LogP contribution >= 0.6 is 12.2 Å². The van der Waals surface area contributed by atoms with Gasteiger partial charge in [0.2, 0.25) is 5.72 Å². The maximum Gasteiger partial charge on any atom is 0.317 e. The fourth-order valence-electron chi connectivity index (χ4n) is 3.78. The lowest BCUT2D eigenvalue weighted by atomic mass is 9.79. The van der Waals surface area contributed by atoms with Crippen molar-refractivity contribution >= 4 is 29.0 Å². The van der Waals surface area contributed by atoms with E-state index in [1.54, 1.807) is 0 Å². The van der Waals surface area contributed by atoms with Crippen LogP contribution in [0.15, 0.2) is 54.6 Å². The zero-order valence-electron chi connectivity index (χ0n) is 13.9. The number of thiocarbonyl (C=S) groups is 1. The Morgan fingerprint density at radius 3 is 2.60 bits per heavy atom. The van der Waals surface area contributed by atoms with Gasteiger partial charge in [0.25, 0.3) is 0 Å². The van der Waals surface area contributed by atoms with Gasteiger partial charge in [-0.1, -0.05) is 36.4 Å². The van der Waals surface area contributed by atoms with Crippen molar-refractivity contribution in [1.82, 2.24) is 5.32 Å². The molecule has 1 saturated heterocycles. The molecule has 2 aromatic rings. The molecule has 1 N–H and O–H groups in total. The number of esters is 1. The van der Waals surface area contributed by atoms with E-state index in [0.717, 1.165) is 17.0 Å². The number of nitrogens with one attached hydrogen (secondary N) is 1. The van der Waals surface area contributed by atoms with Crippen LogP contribution in [0, 0.1) is 5.92 Å². The largest absolute Gasteiger partial charge is 0.469 e. The van der Waals surface area contributed by atoms with Gasteiger partial charge in [-0.2, -0.15) is 0 Å². The summed E-state index contributed by atoms with van der Waals surface area (Å²) in [5, 5.41) is 3.84. The summed E-state index contributed by atoms with van der Waals surface area (Å²) in [6.07, 6.45) is 0. The third kappa shape index (κ3) is 2.28. The van der Waals surface area contributed by atoms with Gasteiger partial charge >= 0.3 is 5.97 Å². The molecule has 0 unspecified atom stereocenters. The van der Waals surface area contributed by atoms with Gasteiger partial charge in [0.15, 0.2) is 5.11 Å². The van der Waals surface area contributed by atoms with E-state index in [9.17, 15) is 4.79 Å². The fraction of sp³-hybridized carbons (Fsp3) is 0.263. The molecule has 0 aromatic heterocycles. The van der Waals surface area contributed by atoms with Crippen LogP contribution in [-0.4, -0.2) is 23.9 Å². The number of ether oxygens (including phenoxy) is 2. The quantitative estimate of drug-likeness (QED) is 0.661. The minimum absolute atomic E-state index is 0.296. The number of nitrogens with zero attached hydrogens (tertiary/aromatic N) is 1. The van der Waals surface area contributed by atoms with Crippen LogP contribution in [0.2, 0.25) is 0 Å². The zero-order valence-corrected chi connectivity index (χ0v) is 14.7. The second-order valence-corrected chi connectivity index (χ2v) is 6.68. The Hall–Kier alpha value is -2.60. The summed E-state index contributed by atoms with van der Waals surface area (Å²) in [5.41, 5.74) is 0.773. The summed E-state index contributed by atoms with van der Waals surface area (Å²) in [7, 11) is 1.40. The van der Waals surface area contributed by atoms with Crippen molar-refractivity contribution in [1.29, 1.82) is 0 Å². The number of carbonyl (C=O) groups is 1. The van der Waals surface area contributed by atoms with Crippen molar-refractivity contribution in [3.63, 3.8) is 0 Å². The molecule has 0 spiro atoms. The van der Waals surface area contributed by atoms with Crippen LogP contribution in [0.3, 0.4) is 0 Å². The first-order valence-corrected chi connectivity index (χ1v) is 8.48. The molecule has 0 radical (unpaired) electrons. The summed E-state index contributed by atoms with van der Waals surface area (Å²) >= 11 is 5.62. The highest BCUT2D eigenvalue weighted by atomic mass is 32.1. The van der Waals surface area contributed by atoms with E-state index in [2.05, 4.69) is 5.32 Å². The lowest BCUT2D eigenvalue weighted by Gasteiger charge is -2.55. The lowest BCUT2D eigenvalue weighted by Crippen LogP contribution is -2.71. The predicted molar refractivity (Wildman–Crippen MR) is 98.4 cm³/mol. The van der Waals surface area contributed by atoms with Gasteiger partial charge in [-0.3, -0.25) is 9.69 Å². The summed E-state index contributed by atoms with van der Waals surface area (Å²) in [4.78, 5) is 14.5. The topological polar surface area (TPSA) is 50.8 Å². The van der Waals surface area contributed by atoms with Crippen LogP contribution in [-0.2, 0) is 9.53 Å². The molecular formula is C19H18N2O3S. The lowest BCUT2D eigenvalue weighted by molar-refractivity contribution is -0.157. The van der Waals surface area contributed by atoms with E-state index in [4.69, 9.17) is 21.7 Å². The van der Waals surface area contributed by atoms with Gasteiger partial charge in [0.05, 0.1) is 13.2 Å². The third-order valence-electron chi connectivity index (χ3n) is 4.88. The van der Waals surface area contributed by atoms with Gasteiger partial charge in [-0.05, 0) is 37.3 Å². The number of anilines is 1. The number of fused-ring (bicyclic) bond motifs is 4. The Morgan fingerprint density at radius 2 is 1.88 bits per heavy atom. The molecule has 1 fully saturated rings. The van der Waals surface area contributed by atoms with Crippen LogP contribution in [0.4, 0.5) is 5.69 Å². The van der Waals surface area contributed by atoms with Gasteiger partial charge in [-0.15, -0.1) is 0 Å². The second-order valence-electron chi connectivity index (χ2n) is 6.29. The third-order valence-corrected chi connectivity index (χ3v) is 5.18. The minimum atomic E-state index is -0.990. The zero-order chi connectivity index (χ0) is 17.6. The Kier molecular flexibility index (Phi) is 3.65. The minimum Gasteiger partial charge on any atom is -0.469 e. The summed E-state index contributed by atoms with van der Waals surface area (Å²) in [5.74, 6) is -0.164. The molecule has 0 saturated carbocycles. The summed E-state index contributed by atoms with van der Waals surface area (Å²) in [6.45, 7) is 1.89. The Bertz CT molecular complexity index is 842. The van der Waals surface area contributed by atoms with E-state index in [-0.39, 0.29) is 12.0 Å². The molecule has 2 aliphatic rings. The monoisotopic (exact) mass is 354 g/mol. The molecule has 2 bridgehead atoms. The standard InChI is InChI=1S/C19H18N2O3S/c1-19-15(17(22)23-2)16(13-10-6-7-11-14(13)24-19)20-18(25)21(19)12-8-4-3-5-9-12/h3-11,15-16H,1-2H3,(H,20,25)/t15-,16+,19-/m0/s1. The van der Waals surface area contributed by atoms with Gasteiger partial charge in [0.1, 0.15) is 11.7 Å². The normalized spacial score (nSPS) is 27.0. The highest BCUT2D eigenvalue weighted by Crippen LogP contribution is 2.49. The van der Waals surface area contributed by atoms with Crippen LogP contribution < -0.4 is 15.0 Å². The van der Waals surface area contributed by atoms with Crippen LogP contribution in [0.1, 0.15) is 18.5 Å². The number of methoxy groups -OCH3 is 1. The highest BCUT2D eigenvalue weighted by Gasteiger charge is 2.59. The molecule has 0 amide bonds. The van der Waals surface area contributed by atoms with Crippen molar-refractivity contribution in [2.75, 3.05) is 12.0 Å². The van der Waals surface area contributed by atoms with Crippen LogP contribution in [0.5, 0.6) is 5.75 Å². The van der Waals surface area contributed by atoms with Crippen molar-refractivity contribution in [2.45, 2.75) is 18.7 Å². The van der Waals surface area contributed by atoms with E-state index in [1.165, 1.54) is 7.11 Å². The molecule has 5 nitrogen and oxygen atoms in total. The predicted octanol–water partition coefficient (Wildman–Crippen LogP) is 3.02. The molecule has 128 valence electrons. The van der Waals surface area contributed by atoms with Gasteiger partial charge < -0.3 is 14.8 Å². The van der Waals surface area contributed by atoms with Crippen molar-refractivity contribution in [3.05, 3.63) is 60.2 Å². The van der Waals surface area contributed by atoms with E-state index < -0.39 is 11.6 Å². The molecule has 6 heteroatoms. The molecule has 2 aliphatic heterocycles. The van der Waals surface area contributed by atoms with Gasteiger partial charge in [0, 0.05) is 11.3 Å². The first kappa shape index (κ1) is 15.9. The number of hydrogen-bond donors (Lipinski definition) is 1. The number of benzene rings is 2. The smallest absolute Gasteiger partial charge is 0.317 e. The average Bonchev–Trinajstić information content (AvgIpc) is 2.61. The number of rotatable bonds is 2. The molecule has 4 rings (SSSR count). The Labute approximate surface area is 151 Å². The number of hydrogen-bond acceptors (Lipinski definition) is 4. The fourth-order valence-corrected chi connectivity index (χ4v) is 4.20. The number of carbonyl (C=O) groups excluding carboxylic acids is 1. The first-order chi connectivity index (χ1) is 12.1. The van der Waals surface area contributed by atoms with Crippen molar-refractivity contribution in [2.24, 2.45) is 5.92 Å². The average molecular weight is 354 g/mol. The van der Waals surface area contributed by atoms with E-state index in [0.29, 0.717) is 5.11 Å². The van der Waals surface area contributed by atoms with E-state index in [1.807, 2.05) is 66.4 Å². The van der Waals surface area contributed by atoms with E-state index >= 15 is 0 Å². The highest BCUT2D eigenvalue weighted by molar-refractivity contribution is 7.80. The molecule has 0 aliphatic carbocycles. The molecular weight excluding hydrogens is 336 g/mol. The summed E-state index contributed by atoms with van der Waals surface area (Å²) in [6, 6.07) is 17.1. The van der Waals surface area contributed by atoms with Crippen LogP contribution in [0.25, 0.3) is 0 Å². The first-order valence-electron chi connectivity index (χ1n) is 8.08. The maximum absolute atomic E-state index is 12.7. The molecule has 25 heavy (non-hydrogen) atoms. The summed E-state index contributed by atoms with van der Waals surface area (Å²) < 4.78 is 11.5. The molecule has 3 atom stereocenters. The maximum atomic E-state index is 12.7. The van der Waals surface area contributed by atoms with Crippen molar-refractivity contribution < 1.29 is 14.3 Å². The Morgan fingerprint density at radius 1 is 1.20 bits per heavy atom. The second kappa shape index (κ2) is 5.74. The number of para-hydroxylation sites is 2. The SMILES string of the molecule is COC(=O)[C@@H]1[C@@H]2NC(=S)N(c3ccccc3)[C@@]1(C)Oc1ccccc12. The molecule has 2 heterocycles. The van der Waals surface area contributed by atoms with Crippen molar-refractivity contribution in [3.8, 4) is 5.75 Å².